The predicted octanol–water partition coefficient (Wildman–Crippen LogP) is 5.20. The van der Waals surface area contributed by atoms with Crippen LogP contribution in [0.3, 0.4) is 0 Å². The van der Waals surface area contributed by atoms with Gasteiger partial charge in [-0.2, -0.15) is 0 Å². The summed E-state index contributed by atoms with van der Waals surface area (Å²) in [4.78, 5) is 74.3. The molecule has 1 unspecified atom stereocenters. The smallest absolute Gasteiger partial charge is 0.262 e. The molecule has 3 fully saturated rings. The summed E-state index contributed by atoms with van der Waals surface area (Å²) in [5.41, 5.74) is 0.450. The van der Waals surface area contributed by atoms with Gasteiger partial charge in [-0.15, -0.1) is 0 Å². The number of hydrogen-bond acceptors (Lipinski definition) is 9. The van der Waals surface area contributed by atoms with Gasteiger partial charge in [-0.1, -0.05) is 45.4 Å². The first-order valence-electron chi connectivity index (χ1n) is 17.5. The fourth-order valence-corrected chi connectivity index (χ4v) is 8.55. The molecule has 3 aromatic rings. The van der Waals surface area contributed by atoms with Gasteiger partial charge in [-0.25, -0.2) is 9.83 Å². The first kappa shape index (κ1) is 35.9. The highest BCUT2D eigenvalue weighted by Gasteiger charge is 2.64. The quantitative estimate of drug-likeness (QED) is 0.211. The van der Waals surface area contributed by atoms with E-state index in [1.807, 2.05) is 6.07 Å². The molecule has 0 bridgehead atoms. The molecule has 4 aliphatic rings. The number of pyridine rings is 1. The van der Waals surface area contributed by atoms with Crippen LogP contribution in [0.15, 0.2) is 54.7 Å². The highest BCUT2D eigenvalue weighted by molar-refractivity contribution is 6.33. The van der Waals surface area contributed by atoms with E-state index in [1.54, 1.807) is 36.5 Å². The lowest BCUT2D eigenvalue weighted by Crippen LogP contribution is -2.74. The van der Waals surface area contributed by atoms with Gasteiger partial charge in [0.25, 0.3) is 17.7 Å². The fourth-order valence-electron chi connectivity index (χ4n) is 8.33. The van der Waals surface area contributed by atoms with Gasteiger partial charge in [0, 0.05) is 42.6 Å². The number of carbonyl (C=O) groups excluding carboxylic acids is 5. The number of hydrogen-bond donors (Lipinski definition) is 2. The topological polar surface area (TPSA) is 152 Å². The molecule has 2 aromatic carbocycles. The number of anilines is 1. The van der Waals surface area contributed by atoms with Gasteiger partial charge >= 0.3 is 0 Å². The van der Waals surface area contributed by atoms with E-state index in [-0.39, 0.29) is 52.9 Å². The molecular formula is C39H39ClN6O7. The minimum absolute atomic E-state index is 0.0613. The lowest BCUT2D eigenvalue weighted by atomic mass is 9.49. The zero-order valence-electron chi connectivity index (χ0n) is 29.8. The molecule has 7 rings (SSSR count). The Balaban J connectivity index is 0.872. The second kappa shape index (κ2) is 13.5. The Bertz CT molecular complexity index is 2050. The number of fused-ring (bicyclic) bond motifs is 1. The summed E-state index contributed by atoms with van der Waals surface area (Å²) in [6.45, 7) is 17.4. The van der Waals surface area contributed by atoms with Crippen LogP contribution in [-0.4, -0.2) is 77.3 Å². The van der Waals surface area contributed by atoms with E-state index in [9.17, 15) is 24.0 Å². The largest absolute Gasteiger partial charge is 0.494 e. The average Bonchev–Trinajstić information content (AvgIpc) is 3.35. The molecular weight excluding hydrogens is 700 g/mol. The number of piperidine rings is 1. The van der Waals surface area contributed by atoms with Crippen molar-refractivity contribution in [2.75, 3.05) is 24.6 Å². The number of aromatic nitrogens is 1. The van der Waals surface area contributed by atoms with E-state index in [0.29, 0.717) is 40.3 Å². The molecule has 5 amide bonds. The molecule has 4 heterocycles. The van der Waals surface area contributed by atoms with Crippen LogP contribution in [0.1, 0.15) is 78.0 Å². The number of amides is 5. The highest BCUT2D eigenvalue weighted by atomic mass is 35.5. The molecule has 2 N–H and O–H groups in total. The Labute approximate surface area is 311 Å². The summed E-state index contributed by atoms with van der Waals surface area (Å²) < 4.78 is 12.3. The Kier molecular flexibility index (Phi) is 9.14. The van der Waals surface area contributed by atoms with Crippen molar-refractivity contribution in [1.29, 1.82) is 0 Å². The van der Waals surface area contributed by atoms with Crippen LogP contribution in [0, 0.1) is 23.3 Å². The number of halogens is 1. The number of imide groups is 2. The van der Waals surface area contributed by atoms with Gasteiger partial charge in [0.15, 0.2) is 0 Å². The van der Waals surface area contributed by atoms with Gasteiger partial charge in [0.2, 0.25) is 17.5 Å². The standard InChI is InChI=1S/C39H39ClN6O7/c1-38(2)36(39(3,4)37(38)53-24-8-10-28(41-5)27(40)17-24)44-32(48)22-6-12-30(42-18-22)45-19-21(20-45)14-15-52-23-7-9-25-26(16-23)35(51)46(34(25)50)29-11-13-31(47)43-33(29)49/h6-10,12,16-18,21,29,36-37H,11,13-15,19-20H2,1-4H3,(H,44,48)(H,43,47,49). The van der Waals surface area contributed by atoms with Crippen molar-refractivity contribution >= 4 is 52.6 Å². The maximum Gasteiger partial charge on any atom is 0.262 e. The molecule has 3 aliphatic heterocycles. The number of rotatable bonds is 10. The minimum Gasteiger partial charge on any atom is -0.494 e. The molecule has 13 nitrogen and oxygen atoms in total. The van der Waals surface area contributed by atoms with Crippen LogP contribution in [0.5, 0.6) is 11.5 Å². The van der Waals surface area contributed by atoms with Crippen molar-refractivity contribution < 1.29 is 33.4 Å². The Morgan fingerprint density at radius 3 is 2.38 bits per heavy atom. The van der Waals surface area contributed by atoms with Crippen molar-refractivity contribution in [2.45, 2.75) is 65.1 Å². The maximum atomic E-state index is 13.3. The van der Waals surface area contributed by atoms with Gasteiger partial charge in [0.05, 0.1) is 34.9 Å². The van der Waals surface area contributed by atoms with Gasteiger partial charge in [-0.05, 0) is 61.2 Å². The number of nitrogens with zero attached hydrogens (tertiary/aromatic N) is 4. The predicted molar refractivity (Wildman–Crippen MR) is 194 cm³/mol. The third kappa shape index (κ3) is 6.45. The summed E-state index contributed by atoms with van der Waals surface area (Å²) in [5, 5.41) is 5.74. The van der Waals surface area contributed by atoms with Crippen LogP contribution in [0.25, 0.3) is 4.85 Å². The van der Waals surface area contributed by atoms with E-state index in [0.717, 1.165) is 30.2 Å². The van der Waals surface area contributed by atoms with Crippen LogP contribution >= 0.6 is 11.6 Å². The molecule has 0 radical (unpaired) electrons. The summed E-state index contributed by atoms with van der Waals surface area (Å²) in [6, 6.07) is 12.2. The van der Waals surface area contributed by atoms with Crippen molar-refractivity contribution in [3.05, 3.63) is 87.9 Å². The number of carbonyl (C=O) groups is 5. The molecule has 1 aromatic heterocycles. The summed E-state index contributed by atoms with van der Waals surface area (Å²) in [5.74, 6) is -0.228. The SMILES string of the molecule is [C-]#[N+]c1ccc(OC2C(C)(C)C(NC(=O)c3ccc(N4CC(CCOc5ccc6c(c5)C(=O)N(C5CCC(=O)NC5=O)C6=O)C4)nc3)C2(C)C)cc1Cl. The first-order valence-corrected chi connectivity index (χ1v) is 17.9. The summed E-state index contributed by atoms with van der Waals surface area (Å²) in [7, 11) is 0. The second-order valence-corrected chi connectivity index (χ2v) is 15.6. The average molecular weight is 739 g/mol. The third-order valence-corrected chi connectivity index (χ3v) is 11.2. The van der Waals surface area contributed by atoms with E-state index in [2.05, 4.69) is 53.1 Å². The summed E-state index contributed by atoms with van der Waals surface area (Å²) in [6.07, 6.45) is 2.31. The van der Waals surface area contributed by atoms with Gasteiger partial charge in [-0.3, -0.25) is 34.2 Å². The van der Waals surface area contributed by atoms with Crippen molar-refractivity contribution in [2.24, 2.45) is 16.7 Å². The fraction of sp³-hybridized carbons (Fsp3) is 0.410. The third-order valence-electron chi connectivity index (χ3n) is 10.9. The van der Waals surface area contributed by atoms with Crippen LogP contribution in [0.2, 0.25) is 5.02 Å². The van der Waals surface area contributed by atoms with Crippen LogP contribution < -0.4 is 25.0 Å². The number of nitrogens with one attached hydrogen (secondary N) is 2. The Hall–Kier alpha value is -5.48. The Morgan fingerprint density at radius 1 is 1.00 bits per heavy atom. The Morgan fingerprint density at radius 2 is 1.72 bits per heavy atom. The lowest BCUT2D eigenvalue weighted by Gasteiger charge is -2.63. The van der Waals surface area contributed by atoms with E-state index in [4.69, 9.17) is 27.6 Å². The first-order chi connectivity index (χ1) is 25.2. The molecule has 1 saturated carbocycles. The monoisotopic (exact) mass is 738 g/mol. The summed E-state index contributed by atoms with van der Waals surface area (Å²) >= 11 is 6.23. The minimum atomic E-state index is -1.01. The number of benzene rings is 2. The molecule has 53 heavy (non-hydrogen) atoms. The van der Waals surface area contributed by atoms with E-state index >= 15 is 0 Å². The molecule has 1 aliphatic carbocycles. The van der Waals surface area contributed by atoms with Gasteiger partial charge < -0.3 is 19.7 Å². The van der Waals surface area contributed by atoms with Crippen molar-refractivity contribution in [3.8, 4) is 11.5 Å². The molecule has 0 spiro atoms. The zero-order valence-corrected chi connectivity index (χ0v) is 30.5. The highest BCUT2D eigenvalue weighted by Crippen LogP contribution is 2.55. The maximum absolute atomic E-state index is 13.3. The molecule has 2 saturated heterocycles. The van der Waals surface area contributed by atoms with E-state index < -0.39 is 29.7 Å². The van der Waals surface area contributed by atoms with Crippen LogP contribution in [-0.2, 0) is 9.59 Å². The number of ether oxygens (including phenoxy) is 2. The lowest BCUT2D eigenvalue weighted by molar-refractivity contribution is -0.164. The van der Waals surface area contributed by atoms with Crippen molar-refractivity contribution in [3.63, 3.8) is 0 Å². The van der Waals surface area contributed by atoms with E-state index in [1.165, 1.54) is 12.1 Å². The zero-order chi connectivity index (χ0) is 37.8. The van der Waals surface area contributed by atoms with Crippen LogP contribution in [0.4, 0.5) is 11.5 Å². The molecule has 14 heteroatoms. The van der Waals surface area contributed by atoms with Gasteiger partial charge in [0.1, 0.15) is 29.5 Å². The second-order valence-electron chi connectivity index (χ2n) is 15.2. The molecule has 1 atom stereocenters. The normalized spacial score (nSPS) is 23.0. The van der Waals surface area contributed by atoms with Crippen molar-refractivity contribution in [1.82, 2.24) is 20.5 Å². The molecule has 274 valence electrons.